The summed E-state index contributed by atoms with van der Waals surface area (Å²) in [5.74, 6) is -0.667. The molecule has 1 aliphatic heterocycles. The molecule has 16 heteroatoms. The van der Waals surface area contributed by atoms with Gasteiger partial charge in [0.15, 0.2) is 11.6 Å². The molecule has 1 atom stereocenters. The smallest absolute Gasteiger partial charge is 0.421 e. The summed E-state index contributed by atoms with van der Waals surface area (Å²) in [6, 6.07) is 4.99. The molecule has 2 aliphatic rings. The van der Waals surface area contributed by atoms with Crippen LogP contribution in [0.2, 0.25) is 0 Å². The van der Waals surface area contributed by atoms with Gasteiger partial charge in [-0.25, -0.2) is 9.97 Å². The lowest BCUT2D eigenvalue weighted by Gasteiger charge is -2.27. The number of aliphatic hydroxyl groups excluding tert-OH is 1. The minimum absolute atomic E-state index is 0.0778. The van der Waals surface area contributed by atoms with Crippen molar-refractivity contribution in [3.63, 3.8) is 0 Å². The first kappa shape index (κ1) is 33.6. The van der Waals surface area contributed by atoms with Crippen LogP contribution in [0.1, 0.15) is 71.1 Å². The first-order valence-corrected chi connectivity index (χ1v) is 16.5. The summed E-state index contributed by atoms with van der Waals surface area (Å²) in [5, 5.41) is 15.5. The number of amides is 1. The van der Waals surface area contributed by atoms with Crippen LogP contribution in [0.3, 0.4) is 0 Å². The third-order valence-electron chi connectivity index (χ3n) is 8.13. The summed E-state index contributed by atoms with van der Waals surface area (Å²) >= 11 is 0. The number of alkyl halides is 3. The molecule has 3 heterocycles. The summed E-state index contributed by atoms with van der Waals surface area (Å²) in [6.45, 7) is 2.19. The van der Waals surface area contributed by atoms with E-state index in [-0.39, 0.29) is 53.9 Å². The average molecular weight is 665 g/mol. The predicted octanol–water partition coefficient (Wildman–Crippen LogP) is 6.37. The van der Waals surface area contributed by atoms with E-state index in [9.17, 15) is 27.6 Å². The summed E-state index contributed by atoms with van der Waals surface area (Å²) in [4.78, 5) is 27.0. The first-order valence-electron chi connectivity index (χ1n) is 14.8. The topological polar surface area (TPSA) is 148 Å². The van der Waals surface area contributed by atoms with Gasteiger partial charge in [-0.3, -0.25) is 9.36 Å². The normalized spacial score (nSPS) is 19.5. The average Bonchev–Trinajstić information content (AvgIpc) is 3.32. The van der Waals surface area contributed by atoms with Gasteiger partial charge in [0.05, 0.1) is 37.2 Å². The molecule has 5 rings (SSSR count). The van der Waals surface area contributed by atoms with E-state index in [1.807, 2.05) is 6.07 Å². The quantitative estimate of drug-likeness (QED) is 0.197. The van der Waals surface area contributed by atoms with E-state index in [4.69, 9.17) is 13.8 Å². The largest absolute Gasteiger partial charge is 0.493 e. The van der Waals surface area contributed by atoms with E-state index >= 15 is 0 Å². The highest BCUT2D eigenvalue weighted by atomic mass is 31.2. The maximum absolute atomic E-state index is 14.1. The van der Waals surface area contributed by atoms with Crippen LogP contribution in [-0.4, -0.2) is 64.8 Å². The minimum Gasteiger partial charge on any atom is -0.493 e. The Balaban J connectivity index is 1.47. The van der Waals surface area contributed by atoms with Gasteiger partial charge in [-0.1, -0.05) is 6.07 Å². The molecule has 46 heavy (non-hydrogen) atoms. The summed E-state index contributed by atoms with van der Waals surface area (Å²) in [7, 11) is 0.883. The molecule has 2 aromatic heterocycles. The van der Waals surface area contributed by atoms with E-state index in [0.29, 0.717) is 36.7 Å². The highest BCUT2D eigenvalue weighted by Crippen LogP contribution is 2.51. The number of rotatable bonds is 11. The Kier molecular flexibility index (Phi) is 9.87. The molecule has 3 N–H and O–H groups in total. The number of carbonyl (C=O) groups excluding carboxylic acids is 1. The maximum atomic E-state index is 14.1. The third-order valence-corrected chi connectivity index (χ3v) is 10.1. The molecule has 1 aromatic carbocycles. The fourth-order valence-electron chi connectivity index (χ4n) is 5.83. The van der Waals surface area contributed by atoms with Crippen molar-refractivity contribution in [2.75, 3.05) is 38.5 Å². The zero-order valence-corrected chi connectivity index (χ0v) is 26.7. The molecular weight excluding hydrogens is 628 g/mol. The van der Waals surface area contributed by atoms with Crippen molar-refractivity contribution in [1.82, 2.24) is 19.9 Å². The van der Waals surface area contributed by atoms with Gasteiger partial charge in [-0.2, -0.15) is 18.2 Å². The minimum atomic E-state index is -4.80. The van der Waals surface area contributed by atoms with Gasteiger partial charge in [0.25, 0.3) is 5.91 Å². The number of fused-ring (bicyclic) bond motifs is 1. The lowest BCUT2D eigenvalue weighted by atomic mass is 9.80. The molecular formula is C30H36F3N6O6P. The van der Waals surface area contributed by atoms with Crippen LogP contribution in [0.15, 0.2) is 30.6 Å². The van der Waals surface area contributed by atoms with Gasteiger partial charge in [-0.15, -0.1) is 0 Å². The van der Waals surface area contributed by atoms with Gasteiger partial charge in [-0.05, 0) is 67.3 Å². The molecule has 1 unspecified atom stereocenters. The number of aliphatic hydroxyl groups is 1. The molecule has 0 radical (unpaired) electrons. The molecule has 12 nitrogen and oxygen atoms in total. The Morgan fingerprint density at radius 2 is 1.83 bits per heavy atom. The fraction of sp³-hybridized carbons (Fsp3) is 0.467. The molecule has 1 amide bonds. The number of pyridine rings is 1. The van der Waals surface area contributed by atoms with Gasteiger partial charge in [0, 0.05) is 33.1 Å². The molecule has 1 aliphatic carbocycles. The lowest BCUT2D eigenvalue weighted by molar-refractivity contribution is -0.137. The SMILES string of the molecule is CCOP(=O)(Cc1cnc(Nc2ncc(C(F)(F)F)c(Nc3ccc(C4CCC(O)CC4)c4c3C(=O)N(C)C4)n2)c(OC)c1)OC. The molecule has 0 bridgehead atoms. The van der Waals surface area contributed by atoms with E-state index < -0.39 is 25.2 Å². The molecule has 1 saturated carbocycles. The Morgan fingerprint density at radius 3 is 2.48 bits per heavy atom. The van der Waals surface area contributed by atoms with Crippen LogP contribution >= 0.6 is 7.60 Å². The van der Waals surface area contributed by atoms with Gasteiger partial charge >= 0.3 is 13.8 Å². The lowest BCUT2D eigenvalue weighted by Crippen LogP contribution is -2.18. The van der Waals surface area contributed by atoms with E-state index in [1.165, 1.54) is 25.3 Å². The van der Waals surface area contributed by atoms with E-state index in [0.717, 1.165) is 24.0 Å². The number of benzene rings is 1. The van der Waals surface area contributed by atoms with Crippen molar-refractivity contribution < 1.29 is 41.4 Å². The second kappa shape index (κ2) is 13.5. The van der Waals surface area contributed by atoms with Crippen LogP contribution in [0, 0.1) is 0 Å². The van der Waals surface area contributed by atoms with E-state index in [1.54, 1.807) is 26.1 Å². The van der Waals surface area contributed by atoms with Crippen molar-refractivity contribution in [3.05, 3.63) is 58.4 Å². The highest BCUT2D eigenvalue weighted by molar-refractivity contribution is 7.53. The monoisotopic (exact) mass is 664 g/mol. The Labute approximate surface area is 264 Å². The molecule has 0 saturated heterocycles. The van der Waals surface area contributed by atoms with E-state index in [2.05, 4.69) is 25.6 Å². The second-order valence-electron chi connectivity index (χ2n) is 11.2. The summed E-state index contributed by atoms with van der Waals surface area (Å²) in [5.41, 5.74) is 1.57. The van der Waals surface area contributed by atoms with Crippen molar-refractivity contribution in [2.45, 2.75) is 63.5 Å². The van der Waals surface area contributed by atoms with Crippen molar-refractivity contribution in [1.29, 1.82) is 0 Å². The van der Waals surface area contributed by atoms with Crippen molar-refractivity contribution in [3.8, 4) is 5.75 Å². The molecule has 0 spiro atoms. The number of methoxy groups -OCH3 is 1. The Morgan fingerprint density at radius 1 is 1.09 bits per heavy atom. The van der Waals surface area contributed by atoms with Gasteiger partial charge < -0.3 is 34.4 Å². The Hall–Kier alpha value is -3.78. The molecule has 3 aromatic rings. The second-order valence-corrected chi connectivity index (χ2v) is 13.4. The standard InChI is InChI=1S/C30H36F3N6O6P/c1-5-45-46(42,44-4)16-17-12-24(43-3)27(34-13-17)38-29-35-14-22(30(31,32)33)26(37-29)36-23-11-10-20(18-6-8-19(40)9-7-18)21-15-39(2)28(41)25(21)23/h10-14,18-19,40H,5-9,15-16H2,1-4H3,(H2,34,35,36,37,38). The van der Waals surface area contributed by atoms with Gasteiger partial charge in [0.1, 0.15) is 11.4 Å². The van der Waals surface area contributed by atoms with Crippen LogP contribution < -0.4 is 15.4 Å². The van der Waals surface area contributed by atoms with Crippen LogP contribution in [0.5, 0.6) is 5.75 Å². The zero-order valence-electron chi connectivity index (χ0n) is 25.8. The van der Waals surface area contributed by atoms with Crippen LogP contribution in [0.4, 0.5) is 36.4 Å². The zero-order chi connectivity index (χ0) is 33.2. The number of aromatic nitrogens is 3. The van der Waals surface area contributed by atoms with Crippen molar-refractivity contribution in [2.24, 2.45) is 0 Å². The molecule has 248 valence electrons. The maximum Gasteiger partial charge on any atom is 0.421 e. The highest BCUT2D eigenvalue weighted by Gasteiger charge is 2.37. The number of hydrogen-bond donors (Lipinski definition) is 3. The number of anilines is 4. The number of halogens is 3. The number of carbonyl (C=O) groups is 1. The first-order chi connectivity index (χ1) is 21.9. The fourth-order valence-corrected chi connectivity index (χ4v) is 7.17. The summed E-state index contributed by atoms with van der Waals surface area (Å²) < 4.78 is 70.9. The van der Waals surface area contributed by atoms with Gasteiger partial charge in [0.2, 0.25) is 5.95 Å². The van der Waals surface area contributed by atoms with Crippen molar-refractivity contribution >= 4 is 36.8 Å². The molecule has 1 fully saturated rings. The Bertz CT molecular complexity index is 1650. The number of nitrogens with zero attached hydrogens (tertiary/aromatic N) is 4. The summed E-state index contributed by atoms with van der Waals surface area (Å²) in [6.07, 6.45) is -0.366. The number of ether oxygens (including phenoxy) is 1. The number of nitrogens with one attached hydrogen (secondary N) is 2. The third kappa shape index (κ3) is 7.12. The number of hydrogen-bond acceptors (Lipinski definition) is 11. The van der Waals surface area contributed by atoms with Crippen LogP contribution in [-0.2, 0) is 32.5 Å². The predicted molar refractivity (Wildman–Crippen MR) is 164 cm³/mol. The van der Waals surface area contributed by atoms with Crippen LogP contribution in [0.25, 0.3) is 0 Å².